The van der Waals surface area contributed by atoms with Crippen LogP contribution in [0.5, 0.6) is 0 Å². The summed E-state index contributed by atoms with van der Waals surface area (Å²) in [4.78, 5) is 16.8. The van der Waals surface area contributed by atoms with Crippen LogP contribution in [0.15, 0.2) is 199 Å². The Morgan fingerprint density at radius 3 is 1.45 bits per heavy atom. The SMILES string of the molecule is c1ccc2cc(-c3ccc(N(c4ccc(-c5cc6ccccc6cn5)cc4)c4ccc(-c5c6ccccc6nc6oc7ccccc7c56)cc4)cc3)ncc2c1. The average Bonchev–Trinajstić information content (AvgIpc) is 3.64. The molecule has 0 aliphatic rings. The molecule has 4 heterocycles. The van der Waals surface area contributed by atoms with Gasteiger partial charge < -0.3 is 9.32 Å². The van der Waals surface area contributed by atoms with Gasteiger partial charge in [-0.1, -0.05) is 121 Å². The number of nitrogens with zero attached hydrogens (tertiary/aromatic N) is 4. The van der Waals surface area contributed by atoms with Gasteiger partial charge in [-0.15, -0.1) is 0 Å². The topological polar surface area (TPSA) is 55.1 Å². The lowest BCUT2D eigenvalue weighted by atomic mass is 9.96. The molecule has 0 amide bonds. The molecule has 56 heavy (non-hydrogen) atoms. The van der Waals surface area contributed by atoms with E-state index in [9.17, 15) is 0 Å². The van der Waals surface area contributed by atoms with Crippen LogP contribution in [0.1, 0.15) is 0 Å². The summed E-state index contributed by atoms with van der Waals surface area (Å²) in [6.45, 7) is 0. The third-order valence-electron chi connectivity index (χ3n) is 10.7. The summed E-state index contributed by atoms with van der Waals surface area (Å²) in [6, 6.07) is 63.6. The molecule has 0 aliphatic carbocycles. The second-order valence-electron chi connectivity index (χ2n) is 14.1. The summed E-state index contributed by atoms with van der Waals surface area (Å²) in [5, 5.41) is 7.78. The van der Waals surface area contributed by atoms with Crippen LogP contribution in [0.4, 0.5) is 17.1 Å². The Morgan fingerprint density at radius 2 is 0.875 bits per heavy atom. The van der Waals surface area contributed by atoms with Crippen molar-refractivity contribution >= 4 is 71.6 Å². The lowest BCUT2D eigenvalue weighted by Gasteiger charge is -2.26. The standard InChI is InChI=1S/C51H32N4O/c1-3-11-38-31-52-46(29-36(38)9-1)33-17-23-40(24-18-33)55(41-25-19-34(20-26-41)47-30-37-10-2-4-12-39(37)32-53-47)42-27-21-35(22-28-42)49-43-13-5-7-15-45(43)54-51-50(49)44-14-6-8-16-48(44)56-51/h1-32H. The number of rotatable bonds is 6. The first kappa shape index (κ1) is 31.9. The molecule has 0 N–H and O–H groups in total. The minimum absolute atomic E-state index is 0.646. The molecule has 5 heteroatoms. The molecule has 0 aliphatic heterocycles. The first-order valence-electron chi connectivity index (χ1n) is 18.7. The van der Waals surface area contributed by atoms with Gasteiger partial charge in [-0.2, -0.15) is 0 Å². The highest BCUT2D eigenvalue weighted by atomic mass is 16.3. The molecule has 0 spiro atoms. The lowest BCUT2D eigenvalue weighted by molar-refractivity contribution is 0.656. The number of anilines is 3. The predicted molar refractivity (Wildman–Crippen MR) is 231 cm³/mol. The van der Waals surface area contributed by atoms with Gasteiger partial charge in [-0.3, -0.25) is 9.97 Å². The molecule has 5 nitrogen and oxygen atoms in total. The van der Waals surface area contributed by atoms with E-state index in [0.29, 0.717) is 5.71 Å². The molecule has 262 valence electrons. The Kier molecular flexibility index (Phi) is 7.42. The maximum absolute atomic E-state index is 6.30. The molecule has 0 bridgehead atoms. The summed E-state index contributed by atoms with van der Waals surface area (Å²) < 4.78 is 6.30. The van der Waals surface area contributed by atoms with Gasteiger partial charge in [0.05, 0.1) is 22.3 Å². The molecular weight excluding hydrogens is 685 g/mol. The van der Waals surface area contributed by atoms with Gasteiger partial charge in [0, 0.05) is 67.7 Å². The molecule has 0 saturated heterocycles. The van der Waals surface area contributed by atoms with E-state index >= 15 is 0 Å². The highest BCUT2D eigenvalue weighted by molar-refractivity contribution is 6.18. The van der Waals surface area contributed by atoms with Gasteiger partial charge in [0.1, 0.15) is 5.58 Å². The summed E-state index contributed by atoms with van der Waals surface area (Å²) in [5.41, 5.74) is 11.7. The quantitative estimate of drug-likeness (QED) is 0.171. The predicted octanol–water partition coefficient (Wildman–Crippen LogP) is 13.7. The number of furan rings is 1. The number of para-hydroxylation sites is 2. The highest BCUT2D eigenvalue weighted by Crippen LogP contribution is 2.42. The van der Waals surface area contributed by atoms with Crippen LogP contribution < -0.4 is 4.90 Å². The number of benzene rings is 7. The third-order valence-corrected chi connectivity index (χ3v) is 10.7. The molecule has 0 radical (unpaired) electrons. The molecule has 7 aromatic carbocycles. The van der Waals surface area contributed by atoms with Crippen molar-refractivity contribution in [3.8, 4) is 33.6 Å². The van der Waals surface area contributed by atoms with Crippen molar-refractivity contribution < 1.29 is 4.42 Å². The molecule has 4 aromatic heterocycles. The van der Waals surface area contributed by atoms with E-state index in [1.54, 1.807) is 0 Å². The number of fused-ring (bicyclic) bond motifs is 6. The van der Waals surface area contributed by atoms with Crippen LogP contribution in [0, 0.1) is 0 Å². The molecule has 0 fully saturated rings. The van der Waals surface area contributed by atoms with Crippen LogP contribution in [0.3, 0.4) is 0 Å². The van der Waals surface area contributed by atoms with Crippen LogP contribution in [0.2, 0.25) is 0 Å². The highest BCUT2D eigenvalue weighted by Gasteiger charge is 2.19. The number of hydrogen-bond donors (Lipinski definition) is 0. The Morgan fingerprint density at radius 1 is 0.411 bits per heavy atom. The zero-order valence-corrected chi connectivity index (χ0v) is 30.2. The first-order valence-corrected chi connectivity index (χ1v) is 18.7. The summed E-state index contributed by atoms with van der Waals surface area (Å²) in [5.74, 6) is 0. The fourth-order valence-corrected chi connectivity index (χ4v) is 7.95. The zero-order chi connectivity index (χ0) is 37.0. The van der Waals surface area contributed by atoms with Crippen molar-refractivity contribution in [2.24, 2.45) is 0 Å². The Bertz CT molecular complexity index is 3120. The van der Waals surface area contributed by atoms with E-state index in [0.717, 1.165) is 88.7 Å². The second-order valence-corrected chi connectivity index (χ2v) is 14.1. The fourth-order valence-electron chi connectivity index (χ4n) is 7.95. The van der Waals surface area contributed by atoms with Crippen molar-refractivity contribution in [3.05, 3.63) is 194 Å². The normalized spacial score (nSPS) is 11.6. The minimum atomic E-state index is 0.646. The third kappa shape index (κ3) is 5.45. The summed E-state index contributed by atoms with van der Waals surface area (Å²) >= 11 is 0. The van der Waals surface area contributed by atoms with Gasteiger partial charge in [-0.05, 0) is 77.0 Å². The maximum Gasteiger partial charge on any atom is 0.228 e. The van der Waals surface area contributed by atoms with Crippen molar-refractivity contribution in [2.45, 2.75) is 0 Å². The summed E-state index contributed by atoms with van der Waals surface area (Å²) in [7, 11) is 0. The largest absolute Gasteiger partial charge is 0.438 e. The Hall–Kier alpha value is -7.63. The average molecular weight is 717 g/mol. The minimum Gasteiger partial charge on any atom is -0.438 e. The van der Waals surface area contributed by atoms with E-state index in [-0.39, 0.29) is 0 Å². The van der Waals surface area contributed by atoms with Crippen LogP contribution in [0.25, 0.3) is 88.2 Å². The molecule has 0 saturated carbocycles. The van der Waals surface area contributed by atoms with Crippen molar-refractivity contribution in [2.75, 3.05) is 4.90 Å². The summed E-state index contributed by atoms with van der Waals surface area (Å²) in [6.07, 6.45) is 3.90. The Labute approximate surface area is 322 Å². The lowest BCUT2D eigenvalue weighted by Crippen LogP contribution is -2.09. The Balaban J connectivity index is 1.02. The smallest absolute Gasteiger partial charge is 0.228 e. The van der Waals surface area contributed by atoms with Gasteiger partial charge >= 0.3 is 0 Å². The molecular formula is C51H32N4O. The van der Waals surface area contributed by atoms with Crippen LogP contribution >= 0.6 is 0 Å². The zero-order valence-electron chi connectivity index (χ0n) is 30.2. The van der Waals surface area contributed by atoms with Gasteiger partial charge in [0.25, 0.3) is 0 Å². The first-order chi connectivity index (χ1) is 27.7. The van der Waals surface area contributed by atoms with Gasteiger partial charge in [-0.25, -0.2) is 4.98 Å². The van der Waals surface area contributed by atoms with Crippen LogP contribution in [-0.2, 0) is 0 Å². The molecule has 11 rings (SSSR count). The second kappa shape index (κ2) is 13.0. The van der Waals surface area contributed by atoms with Crippen molar-refractivity contribution in [3.63, 3.8) is 0 Å². The van der Waals surface area contributed by atoms with E-state index in [1.165, 1.54) is 10.8 Å². The van der Waals surface area contributed by atoms with E-state index in [1.807, 2.05) is 42.7 Å². The van der Waals surface area contributed by atoms with E-state index < -0.39 is 0 Å². The fraction of sp³-hybridized carbons (Fsp3) is 0. The monoisotopic (exact) mass is 716 g/mol. The molecule has 0 unspecified atom stereocenters. The van der Waals surface area contributed by atoms with Gasteiger partial charge in [0.2, 0.25) is 5.71 Å². The maximum atomic E-state index is 6.30. The van der Waals surface area contributed by atoms with Crippen molar-refractivity contribution in [1.82, 2.24) is 15.0 Å². The van der Waals surface area contributed by atoms with Crippen molar-refractivity contribution in [1.29, 1.82) is 0 Å². The number of aromatic nitrogens is 3. The molecule has 0 atom stereocenters. The number of hydrogen-bond acceptors (Lipinski definition) is 5. The van der Waals surface area contributed by atoms with Crippen LogP contribution in [-0.4, -0.2) is 15.0 Å². The van der Waals surface area contributed by atoms with Gasteiger partial charge in [0.15, 0.2) is 0 Å². The molecule has 11 aromatic rings. The van der Waals surface area contributed by atoms with E-state index in [2.05, 4.69) is 157 Å². The number of pyridine rings is 3. The van der Waals surface area contributed by atoms with E-state index in [4.69, 9.17) is 19.4 Å².